The molecule has 0 unspecified atom stereocenters. The lowest BCUT2D eigenvalue weighted by Crippen LogP contribution is -2.41. The van der Waals surface area contributed by atoms with Gasteiger partial charge in [-0.3, -0.25) is 4.79 Å². The largest absolute Gasteiger partial charge is 0.491 e. The highest BCUT2D eigenvalue weighted by molar-refractivity contribution is 6.02. The molecule has 0 saturated heterocycles. The normalized spacial score (nSPS) is 11.6. The minimum Gasteiger partial charge on any atom is -0.491 e. The van der Waals surface area contributed by atoms with Crippen molar-refractivity contribution in [2.45, 2.75) is 39.3 Å². The SMILES string of the molecule is CC(C)Oc1cccc(C(=O)C(C)(C)N)c1. The van der Waals surface area contributed by atoms with E-state index in [9.17, 15) is 4.79 Å². The smallest absolute Gasteiger partial charge is 0.182 e. The van der Waals surface area contributed by atoms with E-state index < -0.39 is 5.54 Å². The maximum absolute atomic E-state index is 11.9. The van der Waals surface area contributed by atoms with Crippen molar-refractivity contribution < 1.29 is 9.53 Å². The Hall–Kier alpha value is -1.35. The van der Waals surface area contributed by atoms with Crippen molar-refractivity contribution in [1.29, 1.82) is 0 Å². The molecule has 0 fully saturated rings. The Labute approximate surface area is 96.6 Å². The lowest BCUT2D eigenvalue weighted by Gasteiger charge is -2.17. The van der Waals surface area contributed by atoms with Gasteiger partial charge in [0, 0.05) is 5.56 Å². The zero-order chi connectivity index (χ0) is 12.3. The van der Waals surface area contributed by atoms with Crippen LogP contribution in [0.3, 0.4) is 0 Å². The second-order valence-electron chi connectivity index (χ2n) is 4.75. The Kier molecular flexibility index (Phi) is 3.70. The average molecular weight is 221 g/mol. The highest BCUT2D eigenvalue weighted by Gasteiger charge is 2.23. The lowest BCUT2D eigenvalue weighted by molar-refractivity contribution is 0.0913. The molecule has 0 radical (unpaired) electrons. The Bertz CT molecular complexity index is 378. The minimum atomic E-state index is -0.851. The highest BCUT2D eigenvalue weighted by atomic mass is 16.5. The summed E-state index contributed by atoms with van der Waals surface area (Å²) in [4.78, 5) is 11.9. The number of carbonyl (C=O) groups excluding carboxylic acids is 1. The minimum absolute atomic E-state index is 0.0818. The molecule has 88 valence electrons. The Morgan fingerprint density at radius 2 is 2.00 bits per heavy atom. The van der Waals surface area contributed by atoms with E-state index in [1.807, 2.05) is 19.9 Å². The van der Waals surface area contributed by atoms with Crippen LogP contribution in [0.4, 0.5) is 0 Å². The summed E-state index contributed by atoms with van der Waals surface area (Å²) in [6.45, 7) is 7.29. The van der Waals surface area contributed by atoms with Gasteiger partial charge in [0.1, 0.15) is 5.75 Å². The van der Waals surface area contributed by atoms with Crippen LogP contribution in [0.1, 0.15) is 38.1 Å². The van der Waals surface area contributed by atoms with Crippen molar-refractivity contribution in [3.63, 3.8) is 0 Å². The van der Waals surface area contributed by atoms with Crippen LogP contribution in [0.15, 0.2) is 24.3 Å². The van der Waals surface area contributed by atoms with Crippen molar-refractivity contribution in [2.75, 3.05) is 0 Å². The summed E-state index contributed by atoms with van der Waals surface area (Å²) in [5, 5.41) is 0. The van der Waals surface area contributed by atoms with E-state index in [0.29, 0.717) is 11.3 Å². The monoisotopic (exact) mass is 221 g/mol. The van der Waals surface area contributed by atoms with E-state index in [-0.39, 0.29) is 11.9 Å². The van der Waals surface area contributed by atoms with Crippen molar-refractivity contribution >= 4 is 5.78 Å². The predicted molar refractivity (Wildman–Crippen MR) is 64.8 cm³/mol. The second-order valence-corrected chi connectivity index (χ2v) is 4.75. The molecule has 1 aromatic carbocycles. The van der Waals surface area contributed by atoms with Crippen LogP contribution in [0, 0.1) is 0 Å². The zero-order valence-corrected chi connectivity index (χ0v) is 10.3. The summed E-state index contributed by atoms with van der Waals surface area (Å²) in [6.07, 6.45) is 0.0937. The van der Waals surface area contributed by atoms with Gasteiger partial charge in [-0.2, -0.15) is 0 Å². The third-order valence-electron chi connectivity index (χ3n) is 2.05. The number of ketones is 1. The van der Waals surface area contributed by atoms with Crippen molar-refractivity contribution in [3.05, 3.63) is 29.8 Å². The number of benzene rings is 1. The molecule has 0 aliphatic heterocycles. The quantitative estimate of drug-likeness (QED) is 0.794. The molecular formula is C13H19NO2. The Balaban J connectivity index is 2.95. The van der Waals surface area contributed by atoms with Gasteiger partial charge < -0.3 is 10.5 Å². The summed E-state index contributed by atoms with van der Waals surface area (Å²) in [5.74, 6) is 0.617. The number of Topliss-reactive ketones (excluding diaryl/α,β-unsaturated/α-hetero) is 1. The van der Waals surface area contributed by atoms with Crippen LogP contribution in [-0.2, 0) is 0 Å². The van der Waals surface area contributed by atoms with Crippen LogP contribution < -0.4 is 10.5 Å². The van der Waals surface area contributed by atoms with Gasteiger partial charge in [0.2, 0.25) is 0 Å². The molecule has 0 bridgehead atoms. The standard InChI is InChI=1S/C13H19NO2/c1-9(2)16-11-7-5-6-10(8-11)12(15)13(3,4)14/h5-9H,14H2,1-4H3. The van der Waals surface area contributed by atoms with E-state index in [1.165, 1.54) is 0 Å². The summed E-state index contributed by atoms with van der Waals surface area (Å²) < 4.78 is 5.52. The highest BCUT2D eigenvalue weighted by Crippen LogP contribution is 2.18. The molecule has 0 spiro atoms. The zero-order valence-electron chi connectivity index (χ0n) is 10.3. The maximum Gasteiger partial charge on any atom is 0.182 e. The molecule has 1 rings (SSSR count). The molecule has 1 aromatic rings. The number of ether oxygens (including phenoxy) is 1. The molecule has 0 aliphatic carbocycles. The lowest BCUT2D eigenvalue weighted by atomic mass is 9.94. The van der Waals surface area contributed by atoms with E-state index in [2.05, 4.69) is 0 Å². The molecule has 3 nitrogen and oxygen atoms in total. The fourth-order valence-electron chi connectivity index (χ4n) is 1.35. The van der Waals surface area contributed by atoms with Gasteiger partial charge in [-0.25, -0.2) is 0 Å². The summed E-state index contributed by atoms with van der Waals surface area (Å²) in [7, 11) is 0. The topological polar surface area (TPSA) is 52.3 Å². The van der Waals surface area contributed by atoms with E-state index in [0.717, 1.165) is 0 Å². The van der Waals surface area contributed by atoms with E-state index in [1.54, 1.807) is 32.0 Å². The number of nitrogens with two attached hydrogens (primary N) is 1. The molecule has 0 heterocycles. The number of hydrogen-bond acceptors (Lipinski definition) is 3. The van der Waals surface area contributed by atoms with Crippen LogP contribution in [-0.4, -0.2) is 17.4 Å². The molecule has 0 aromatic heterocycles. The van der Waals surface area contributed by atoms with Gasteiger partial charge >= 0.3 is 0 Å². The number of carbonyl (C=O) groups is 1. The third kappa shape index (κ3) is 3.35. The van der Waals surface area contributed by atoms with Gasteiger partial charge in [-0.1, -0.05) is 12.1 Å². The van der Waals surface area contributed by atoms with E-state index in [4.69, 9.17) is 10.5 Å². The first-order chi connectivity index (χ1) is 7.30. The first kappa shape index (κ1) is 12.7. The second kappa shape index (κ2) is 4.66. The first-order valence-electron chi connectivity index (χ1n) is 5.41. The van der Waals surface area contributed by atoms with Crippen LogP contribution in [0.2, 0.25) is 0 Å². The Morgan fingerprint density at radius 3 is 2.50 bits per heavy atom. The van der Waals surface area contributed by atoms with Gasteiger partial charge in [0.15, 0.2) is 5.78 Å². The first-order valence-corrected chi connectivity index (χ1v) is 5.41. The third-order valence-corrected chi connectivity index (χ3v) is 2.05. The summed E-state index contributed by atoms with van der Waals surface area (Å²) in [5.41, 5.74) is 5.51. The molecular weight excluding hydrogens is 202 g/mol. The molecule has 2 N–H and O–H groups in total. The summed E-state index contributed by atoms with van der Waals surface area (Å²) >= 11 is 0. The van der Waals surface area contributed by atoms with Crippen molar-refractivity contribution in [1.82, 2.24) is 0 Å². The summed E-state index contributed by atoms with van der Waals surface area (Å²) in [6, 6.07) is 7.12. The van der Waals surface area contributed by atoms with Gasteiger partial charge in [0.05, 0.1) is 11.6 Å². The van der Waals surface area contributed by atoms with Gasteiger partial charge in [-0.05, 0) is 39.8 Å². The molecule has 16 heavy (non-hydrogen) atoms. The van der Waals surface area contributed by atoms with Crippen LogP contribution >= 0.6 is 0 Å². The molecule has 0 atom stereocenters. The van der Waals surface area contributed by atoms with Crippen molar-refractivity contribution in [3.8, 4) is 5.75 Å². The van der Waals surface area contributed by atoms with E-state index >= 15 is 0 Å². The van der Waals surface area contributed by atoms with Crippen LogP contribution in [0.25, 0.3) is 0 Å². The Morgan fingerprint density at radius 1 is 1.38 bits per heavy atom. The van der Waals surface area contributed by atoms with Gasteiger partial charge in [0.25, 0.3) is 0 Å². The average Bonchev–Trinajstić information content (AvgIpc) is 2.14. The predicted octanol–water partition coefficient (Wildman–Crippen LogP) is 2.39. The molecule has 0 amide bonds. The fraction of sp³-hybridized carbons (Fsp3) is 0.462. The number of hydrogen-bond donors (Lipinski definition) is 1. The fourth-order valence-corrected chi connectivity index (χ4v) is 1.35. The molecule has 3 heteroatoms. The number of rotatable bonds is 4. The van der Waals surface area contributed by atoms with Crippen molar-refractivity contribution in [2.24, 2.45) is 5.73 Å². The maximum atomic E-state index is 11.9. The molecule has 0 saturated carbocycles. The molecule has 0 aliphatic rings. The van der Waals surface area contributed by atoms with Crippen LogP contribution in [0.5, 0.6) is 5.75 Å². The van der Waals surface area contributed by atoms with Gasteiger partial charge in [-0.15, -0.1) is 0 Å².